The lowest BCUT2D eigenvalue weighted by molar-refractivity contribution is 0.796. The Hall–Kier alpha value is -1.29. The maximum absolute atomic E-state index is 6.06. The van der Waals surface area contributed by atoms with E-state index in [0.717, 1.165) is 10.9 Å². The van der Waals surface area contributed by atoms with Crippen LogP contribution >= 0.6 is 22.9 Å². The van der Waals surface area contributed by atoms with Crippen molar-refractivity contribution < 1.29 is 0 Å². The third-order valence-corrected chi connectivity index (χ3v) is 4.48. The summed E-state index contributed by atoms with van der Waals surface area (Å²) in [6, 6.07) is 12.4. The van der Waals surface area contributed by atoms with Gasteiger partial charge in [0.05, 0.1) is 10.9 Å². The topological polar surface area (TPSA) is 30.9 Å². The van der Waals surface area contributed by atoms with Crippen LogP contribution in [-0.4, -0.2) is 4.57 Å². The van der Waals surface area contributed by atoms with E-state index < -0.39 is 0 Å². The summed E-state index contributed by atoms with van der Waals surface area (Å²) >= 11 is 7.61. The van der Waals surface area contributed by atoms with Gasteiger partial charge in [0.15, 0.2) is 0 Å². The number of thiophene rings is 1. The van der Waals surface area contributed by atoms with Crippen LogP contribution in [0.25, 0.3) is 10.9 Å². The molecule has 0 radical (unpaired) electrons. The summed E-state index contributed by atoms with van der Waals surface area (Å²) in [5.74, 6) is 0. The molecule has 0 fully saturated rings. The minimum atomic E-state index is 0.0399. The third-order valence-electron chi connectivity index (χ3n) is 3.27. The van der Waals surface area contributed by atoms with Gasteiger partial charge in [-0.3, -0.25) is 0 Å². The number of nitrogens with zero attached hydrogens (tertiary/aromatic N) is 1. The molecule has 19 heavy (non-hydrogen) atoms. The first-order valence-electron chi connectivity index (χ1n) is 6.22. The molecule has 0 saturated carbocycles. The van der Waals surface area contributed by atoms with E-state index in [1.54, 1.807) is 11.3 Å². The van der Waals surface area contributed by atoms with Gasteiger partial charge in [-0.1, -0.05) is 29.8 Å². The second kappa shape index (κ2) is 5.00. The molecule has 3 aromatic rings. The van der Waals surface area contributed by atoms with Gasteiger partial charge >= 0.3 is 0 Å². The lowest BCUT2D eigenvalue weighted by atomic mass is 10.1. The lowest BCUT2D eigenvalue weighted by Crippen LogP contribution is -2.04. The Bertz CT molecular complexity index is 712. The molecule has 0 aliphatic rings. The van der Waals surface area contributed by atoms with Crippen molar-refractivity contribution in [2.45, 2.75) is 19.5 Å². The van der Waals surface area contributed by atoms with Crippen molar-refractivity contribution in [1.82, 2.24) is 4.57 Å². The van der Waals surface area contributed by atoms with E-state index in [4.69, 9.17) is 17.3 Å². The molecular formula is C15H15ClN2S. The van der Waals surface area contributed by atoms with Crippen LogP contribution in [0.5, 0.6) is 0 Å². The zero-order chi connectivity index (χ0) is 13.4. The van der Waals surface area contributed by atoms with Gasteiger partial charge in [0.2, 0.25) is 0 Å². The Labute approximate surface area is 121 Å². The number of benzene rings is 1. The maximum atomic E-state index is 6.06. The van der Waals surface area contributed by atoms with Gasteiger partial charge < -0.3 is 10.3 Å². The van der Waals surface area contributed by atoms with Gasteiger partial charge in [0.1, 0.15) is 0 Å². The fourth-order valence-electron chi connectivity index (χ4n) is 2.37. The summed E-state index contributed by atoms with van der Waals surface area (Å²) in [6.45, 7) is 2.86. The van der Waals surface area contributed by atoms with Crippen molar-refractivity contribution >= 4 is 33.8 Å². The predicted octanol–water partition coefficient (Wildman–Crippen LogP) is 4.42. The summed E-state index contributed by atoms with van der Waals surface area (Å²) < 4.78 is 3.08. The number of aromatic nitrogens is 1. The second-order valence-corrected chi connectivity index (χ2v) is 6.52. The molecule has 0 saturated heterocycles. The number of fused-ring (bicyclic) bond motifs is 1. The molecule has 4 heteroatoms. The molecule has 1 unspecified atom stereocenters. The number of nitrogens with two attached hydrogens (primary N) is 1. The Morgan fingerprint density at radius 1 is 1.26 bits per heavy atom. The largest absolute Gasteiger partial charge is 0.342 e. The highest BCUT2D eigenvalue weighted by atomic mass is 35.5. The SMILES string of the molecule is CC(N)c1cn(Cc2ccc(Cl)s2)c2ccccc12. The van der Waals surface area contributed by atoms with Gasteiger partial charge in [0.25, 0.3) is 0 Å². The fourth-order valence-corrected chi connectivity index (χ4v) is 3.46. The van der Waals surface area contributed by atoms with Crippen molar-refractivity contribution in [3.8, 4) is 0 Å². The lowest BCUT2D eigenvalue weighted by Gasteiger charge is -2.02. The number of hydrogen-bond acceptors (Lipinski definition) is 2. The van der Waals surface area contributed by atoms with Gasteiger partial charge in [-0.2, -0.15) is 0 Å². The molecule has 1 aromatic carbocycles. The first-order chi connectivity index (χ1) is 9.15. The van der Waals surface area contributed by atoms with Crippen LogP contribution in [0.15, 0.2) is 42.6 Å². The number of halogens is 1. The van der Waals surface area contributed by atoms with Crippen molar-refractivity contribution in [1.29, 1.82) is 0 Å². The van der Waals surface area contributed by atoms with E-state index in [0.29, 0.717) is 0 Å². The Balaban J connectivity index is 2.08. The zero-order valence-electron chi connectivity index (χ0n) is 10.6. The second-order valence-electron chi connectivity index (χ2n) is 4.72. The Kier molecular flexibility index (Phi) is 3.35. The van der Waals surface area contributed by atoms with E-state index in [1.165, 1.54) is 21.3 Å². The summed E-state index contributed by atoms with van der Waals surface area (Å²) in [5.41, 5.74) is 8.47. The highest BCUT2D eigenvalue weighted by Gasteiger charge is 2.11. The highest BCUT2D eigenvalue weighted by Crippen LogP contribution is 2.28. The van der Waals surface area contributed by atoms with E-state index >= 15 is 0 Å². The normalized spacial score (nSPS) is 13.0. The van der Waals surface area contributed by atoms with Crippen molar-refractivity contribution in [3.05, 3.63) is 57.4 Å². The van der Waals surface area contributed by atoms with Crippen LogP contribution in [0, 0.1) is 0 Å². The van der Waals surface area contributed by atoms with Crippen LogP contribution in [0.3, 0.4) is 0 Å². The molecule has 0 spiro atoms. The molecule has 2 heterocycles. The molecule has 0 bridgehead atoms. The number of para-hydroxylation sites is 1. The van der Waals surface area contributed by atoms with Crippen molar-refractivity contribution in [2.24, 2.45) is 5.73 Å². The smallest absolute Gasteiger partial charge is 0.0931 e. The average molecular weight is 291 g/mol. The van der Waals surface area contributed by atoms with Gasteiger partial charge in [0, 0.05) is 28.0 Å². The maximum Gasteiger partial charge on any atom is 0.0931 e. The number of rotatable bonds is 3. The molecule has 2 N–H and O–H groups in total. The van der Waals surface area contributed by atoms with Crippen molar-refractivity contribution in [2.75, 3.05) is 0 Å². The quantitative estimate of drug-likeness (QED) is 0.760. The molecular weight excluding hydrogens is 276 g/mol. The van der Waals surface area contributed by atoms with Crippen LogP contribution in [-0.2, 0) is 6.54 Å². The van der Waals surface area contributed by atoms with Gasteiger partial charge in [-0.25, -0.2) is 0 Å². The van der Waals surface area contributed by atoms with Crippen molar-refractivity contribution in [3.63, 3.8) is 0 Å². The molecule has 0 aliphatic carbocycles. The first kappa shape index (κ1) is 12.7. The van der Waals surface area contributed by atoms with Crippen LogP contribution in [0.2, 0.25) is 4.34 Å². The monoisotopic (exact) mass is 290 g/mol. The van der Waals surface area contributed by atoms with E-state index in [2.05, 4.69) is 41.1 Å². The molecule has 2 aromatic heterocycles. The van der Waals surface area contributed by atoms with Crippen LogP contribution in [0.1, 0.15) is 23.4 Å². The molecule has 98 valence electrons. The minimum absolute atomic E-state index is 0.0399. The van der Waals surface area contributed by atoms with E-state index in [1.807, 2.05) is 13.0 Å². The standard InChI is InChI=1S/C15H15ClN2S/c1-10(17)13-9-18(8-11-6-7-15(16)19-11)14-5-3-2-4-12(13)14/h2-7,9-10H,8,17H2,1H3. The zero-order valence-corrected chi connectivity index (χ0v) is 12.2. The van der Waals surface area contributed by atoms with E-state index in [-0.39, 0.29) is 6.04 Å². The first-order valence-corrected chi connectivity index (χ1v) is 7.42. The minimum Gasteiger partial charge on any atom is -0.342 e. The van der Waals surface area contributed by atoms with Crippen LogP contribution < -0.4 is 5.73 Å². The predicted molar refractivity (Wildman–Crippen MR) is 83.0 cm³/mol. The summed E-state index contributed by atoms with van der Waals surface area (Å²) in [7, 11) is 0. The highest BCUT2D eigenvalue weighted by molar-refractivity contribution is 7.16. The molecule has 0 aliphatic heterocycles. The Morgan fingerprint density at radius 3 is 2.74 bits per heavy atom. The average Bonchev–Trinajstić information content (AvgIpc) is 2.95. The summed E-state index contributed by atoms with van der Waals surface area (Å²) in [6.07, 6.45) is 2.16. The molecule has 1 atom stereocenters. The van der Waals surface area contributed by atoms with Gasteiger partial charge in [-0.05, 0) is 30.7 Å². The summed E-state index contributed by atoms with van der Waals surface area (Å²) in [4.78, 5) is 1.25. The van der Waals surface area contributed by atoms with E-state index in [9.17, 15) is 0 Å². The molecule has 0 amide bonds. The molecule has 2 nitrogen and oxygen atoms in total. The Morgan fingerprint density at radius 2 is 2.05 bits per heavy atom. The van der Waals surface area contributed by atoms with Crippen LogP contribution in [0.4, 0.5) is 0 Å². The third kappa shape index (κ3) is 2.41. The van der Waals surface area contributed by atoms with Gasteiger partial charge in [-0.15, -0.1) is 11.3 Å². The molecule has 3 rings (SSSR count). The number of hydrogen-bond donors (Lipinski definition) is 1. The fraction of sp³-hybridized carbons (Fsp3) is 0.200. The summed E-state index contributed by atoms with van der Waals surface area (Å²) in [5, 5.41) is 1.24.